The molecular weight excluding hydrogens is 460 g/mol. The van der Waals surface area contributed by atoms with E-state index in [2.05, 4.69) is 13.5 Å². The second-order valence-electron chi connectivity index (χ2n) is 8.40. The minimum Gasteiger partial charge on any atom is -0.486 e. The smallest absolute Gasteiger partial charge is 0.201 e. The first-order valence-electron chi connectivity index (χ1n) is 11.5. The van der Waals surface area contributed by atoms with Gasteiger partial charge in [-0.2, -0.15) is 4.39 Å². The maximum Gasteiger partial charge on any atom is 0.201 e. The first-order valence-corrected chi connectivity index (χ1v) is 11.5. The van der Waals surface area contributed by atoms with E-state index in [0.29, 0.717) is 24.3 Å². The minimum atomic E-state index is -1.11. The van der Waals surface area contributed by atoms with Gasteiger partial charge >= 0.3 is 0 Å². The van der Waals surface area contributed by atoms with Crippen molar-refractivity contribution >= 4 is 0 Å². The van der Waals surface area contributed by atoms with Crippen LogP contribution in [0.3, 0.4) is 0 Å². The predicted octanol–water partition coefficient (Wildman–Crippen LogP) is 7.60. The van der Waals surface area contributed by atoms with Gasteiger partial charge in [0.15, 0.2) is 29.5 Å². The Hall–Kier alpha value is -3.16. The molecular formula is C28H26F4O3. The number of rotatable bonds is 8. The molecule has 1 saturated heterocycles. The normalized spacial score (nSPS) is 17.9. The molecule has 0 radical (unpaired) electrons. The van der Waals surface area contributed by atoms with Gasteiger partial charge in [0.25, 0.3) is 0 Å². The molecule has 4 rings (SSSR count). The van der Waals surface area contributed by atoms with Crippen molar-refractivity contribution in [1.29, 1.82) is 0 Å². The molecule has 0 amide bonds. The van der Waals surface area contributed by atoms with Gasteiger partial charge in [0.1, 0.15) is 6.61 Å². The highest BCUT2D eigenvalue weighted by Gasteiger charge is 2.27. The quantitative estimate of drug-likeness (QED) is 0.242. The van der Waals surface area contributed by atoms with Crippen LogP contribution >= 0.6 is 0 Å². The topological polar surface area (TPSA) is 27.7 Å². The molecule has 0 aromatic heterocycles. The highest BCUT2D eigenvalue weighted by Crippen LogP contribution is 2.35. The van der Waals surface area contributed by atoms with E-state index in [1.165, 1.54) is 54.6 Å². The van der Waals surface area contributed by atoms with Gasteiger partial charge < -0.3 is 14.2 Å². The molecule has 184 valence electrons. The summed E-state index contributed by atoms with van der Waals surface area (Å²) in [6.45, 7) is 6.45. The molecule has 3 nitrogen and oxygen atoms in total. The zero-order valence-corrected chi connectivity index (χ0v) is 19.3. The summed E-state index contributed by atoms with van der Waals surface area (Å²) >= 11 is 0. The monoisotopic (exact) mass is 486 g/mol. The Bertz CT molecular complexity index is 1190. The van der Waals surface area contributed by atoms with Gasteiger partial charge in [-0.3, -0.25) is 0 Å². The molecule has 0 aliphatic carbocycles. The summed E-state index contributed by atoms with van der Waals surface area (Å²) in [5.74, 6) is -4.20. The van der Waals surface area contributed by atoms with Crippen LogP contribution in [0.4, 0.5) is 17.6 Å². The number of halogens is 4. The first-order chi connectivity index (χ1) is 16.9. The van der Waals surface area contributed by atoms with E-state index >= 15 is 0 Å². The first kappa shape index (κ1) is 24.9. The lowest BCUT2D eigenvalue weighted by Crippen LogP contribution is -2.27. The average molecular weight is 487 g/mol. The Kier molecular flexibility index (Phi) is 7.88. The molecule has 0 bridgehead atoms. The van der Waals surface area contributed by atoms with Crippen LogP contribution < -0.4 is 4.74 Å². The fourth-order valence-electron chi connectivity index (χ4n) is 4.11. The lowest BCUT2D eigenvalue weighted by Gasteiger charge is -2.29. The molecule has 1 heterocycles. The molecule has 0 spiro atoms. The second-order valence-corrected chi connectivity index (χ2v) is 8.40. The zero-order valence-electron chi connectivity index (χ0n) is 19.3. The van der Waals surface area contributed by atoms with Gasteiger partial charge in [0.05, 0.1) is 13.2 Å². The van der Waals surface area contributed by atoms with E-state index in [9.17, 15) is 17.6 Å². The molecule has 7 heteroatoms. The van der Waals surface area contributed by atoms with Crippen LogP contribution in [-0.2, 0) is 9.47 Å². The largest absolute Gasteiger partial charge is 0.486 e. The van der Waals surface area contributed by atoms with Crippen LogP contribution in [0.1, 0.15) is 31.6 Å². The lowest BCUT2D eigenvalue weighted by atomic mass is 9.98. The van der Waals surface area contributed by atoms with Crippen LogP contribution in [0.2, 0.25) is 0 Å². The third-order valence-corrected chi connectivity index (χ3v) is 5.94. The minimum absolute atomic E-state index is 0.00845. The molecule has 0 N–H and O–H groups in total. The fraction of sp³-hybridized carbons (Fsp3) is 0.286. The van der Waals surface area contributed by atoms with Crippen molar-refractivity contribution in [3.05, 3.63) is 90.0 Å². The maximum absolute atomic E-state index is 15.0. The summed E-state index contributed by atoms with van der Waals surface area (Å²) in [7, 11) is 0. The van der Waals surface area contributed by atoms with Crippen LogP contribution in [0.25, 0.3) is 22.3 Å². The summed E-state index contributed by atoms with van der Waals surface area (Å²) in [5.41, 5.74) is 0.835. The molecule has 0 atom stereocenters. The highest BCUT2D eigenvalue weighted by atomic mass is 19.2. The van der Waals surface area contributed by atoms with E-state index < -0.39 is 29.6 Å². The van der Waals surface area contributed by atoms with Crippen LogP contribution in [0.15, 0.2) is 61.2 Å². The van der Waals surface area contributed by atoms with E-state index in [0.717, 1.165) is 12.8 Å². The van der Waals surface area contributed by atoms with Crippen LogP contribution in [0.5, 0.6) is 5.75 Å². The second kappa shape index (κ2) is 11.1. The van der Waals surface area contributed by atoms with E-state index in [-0.39, 0.29) is 35.0 Å². The fourth-order valence-corrected chi connectivity index (χ4v) is 4.11. The lowest BCUT2D eigenvalue weighted by molar-refractivity contribution is -0.207. The van der Waals surface area contributed by atoms with Crippen molar-refractivity contribution in [2.45, 2.75) is 26.1 Å². The number of benzene rings is 3. The standard InChI is InChI=1S/C28H26F4O3/c1-3-5-17-15-34-28(35-16-17)22-11-10-20(24(29)26(22)31)18-6-8-19(9-7-18)21-12-13-23(33-14-4-2)27(32)25(21)30/h4,6-13,17,28H,2-3,5,14-16H2,1H3. The summed E-state index contributed by atoms with van der Waals surface area (Å²) in [5, 5.41) is 0. The van der Waals surface area contributed by atoms with Gasteiger partial charge in [0.2, 0.25) is 5.82 Å². The summed E-state index contributed by atoms with van der Waals surface area (Å²) in [6.07, 6.45) is 2.42. The molecule has 1 fully saturated rings. The van der Waals surface area contributed by atoms with Crippen molar-refractivity contribution in [3.8, 4) is 28.0 Å². The van der Waals surface area contributed by atoms with Crippen molar-refractivity contribution in [2.75, 3.05) is 19.8 Å². The average Bonchev–Trinajstić information content (AvgIpc) is 2.88. The SMILES string of the molecule is C=CCOc1ccc(-c2ccc(-c3ccc(C4OCC(CCC)CO4)c(F)c3F)cc2)c(F)c1F. The van der Waals surface area contributed by atoms with Gasteiger partial charge in [-0.1, -0.05) is 62.4 Å². The highest BCUT2D eigenvalue weighted by molar-refractivity contribution is 5.71. The van der Waals surface area contributed by atoms with Gasteiger partial charge in [-0.15, -0.1) is 0 Å². The number of hydrogen-bond acceptors (Lipinski definition) is 3. The third-order valence-electron chi connectivity index (χ3n) is 5.94. The molecule has 1 aliphatic rings. The molecule has 3 aromatic rings. The number of hydrogen-bond donors (Lipinski definition) is 0. The summed E-state index contributed by atoms with van der Waals surface area (Å²) < 4.78 is 75.1. The molecule has 3 aromatic carbocycles. The maximum atomic E-state index is 15.0. The molecule has 1 aliphatic heterocycles. The summed E-state index contributed by atoms with van der Waals surface area (Å²) in [6, 6.07) is 11.7. The molecule has 35 heavy (non-hydrogen) atoms. The van der Waals surface area contributed by atoms with Gasteiger partial charge in [-0.05, 0) is 29.7 Å². The Balaban J connectivity index is 1.54. The van der Waals surface area contributed by atoms with Crippen molar-refractivity contribution < 1.29 is 31.8 Å². The van der Waals surface area contributed by atoms with Crippen LogP contribution in [-0.4, -0.2) is 19.8 Å². The Morgan fingerprint density at radius 3 is 1.97 bits per heavy atom. The van der Waals surface area contributed by atoms with Crippen LogP contribution in [0, 0.1) is 29.2 Å². The predicted molar refractivity (Wildman–Crippen MR) is 126 cm³/mol. The Labute approximate surface area is 202 Å². The van der Waals surface area contributed by atoms with E-state index in [1.54, 1.807) is 0 Å². The Morgan fingerprint density at radius 1 is 0.829 bits per heavy atom. The van der Waals surface area contributed by atoms with Crippen molar-refractivity contribution in [1.82, 2.24) is 0 Å². The van der Waals surface area contributed by atoms with Gasteiger partial charge in [-0.25, -0.2) is 13.2 Å². The molecule has 0 unspecified atom stereocenters. The van der Waals surface area contributed by atoms with E-state index in [1.807, 2.05) is 0 Å². The van der Waals surface area contributed by atoms with E-state index in [4.69, 9.17) is 14.2 Å². The number of ether oxygens (including phenoxy) is 3. The molecule has 0 saturated carbocycles. The van der Waals surface area contributed by atoms with Gasteiger partial charge in [0, 0.05) is 22.6 Å². The summed E-state index contributed by atoms with van der Waals surface area (Å²) in [4.78, 5) is 0. The zero-order chi connectivity index (χ0) is 24.9. The Morgan fingerprint density at radius 2 is 1.40 bits per heavy atom. The third kappa shape index (κ3) is 5.26. The van der Waals surface area contributed by atoms with Crippen molar-refractivity contribution in [2.24, 2.45) is 5.92 Å². The van der Waals surface area contributed by atoms with Crippen molar-refractivity contribution in [3.63, 3.8) is 0 Å².